The summed E-state index contributed by atoms with van der Waals surface area (Å²) in [5.74, 6) is -0.176. The third-order valence-corrected chi connectivity index (χ3v) is 3.03. The monoisotopic (exact) mass is 308 g/mol. The summed E-state index contributed by atoms with van der Waals surface area (Å²) >= 11 is 0. The molecule has 0 bridgehead atoms. The number of halogens is 1. The summed E-state index contributed by atoms with van der Waals surface area (Å²) in [5.41, 5.74) is 1.67. The summed E-state index contributed by atoms with van der Waals surface area (Å²) in [6, 6.07) is 3.35. The lowest BCUT2D eigenvalue weighted by molar-refractivity contribution is -0.110. The van der Waals surface area contributed by atoms with Gasteiger partial charge in [-0.3, -0.25) is 0 Å². The summed E-state index contributed by atoms with van der Waals surface area (Å²) < 4.78 is 22.6. The number of carbonyl (C=O) groups excluding carboxylic acids is 1. The van der Waals surface area contributed by atoms with Crippen molar-refractivity contribution in [3.8, 4) is 11.3 Å². The van der Waals surface area contributed by atoms with Gasteiger partial charge in [-0.2, -0.15) is 4.39 Å². The normalized spacial score (nSPS) is 11.8. The Kier molecular flexibility index (Phi) is 6.85. The van der Waals surface area contributed by atoms with Crippen molar-refractivity contribution in [3.05, 3.63) is 35.6 Å². The molecule has 22 heavy (non-hydrogen) atoms. The van der Waals surface area contributed by atoms with Gasteiger partial charge >= 0.3 is 0 Å². The molecule has 2 rings (SSSR count). The van der Waals surface area contributed by atoms with E-state index in [0.29, 0.717) is 22.6 Å². The van der Waals surface area contributed by atoms with E-state index in [2.05, 4.69) is 14.9 Å². The van der Waals surface area contributed by atoms with Gasteiger partial charge in [0.25, 0.3) is 0 Å². The molecule has 1 unspecified atom stereocenters. The average molecular weight is 308 g/mol. The second-order valence-electron chi connectivity index (χ2n) is 5.26. The fourth-order valence-corrected chi connectivity index (χ4v) is 1.83. The number of pyridine rings is 1. The van der Waals surface area contributed by atoms with Crippen LogP contribution in [0.15, 0.2) is 22.9 Å². The first kappa shape index (κ1) is 18.0. The van der Waals surface area contributed by atoms with Crippen molar-refractivity contribution in [2.24, 2.45) is 5.92 Å². The maximum Gasteiger partial charge on any atom is 0.215 e. The number of carbonyl (C=O) groups is 1. The Morgan fingerprint density at radius 2 is 1.95 bits per heavy atom. The van der Waals surface area contributed by atoms with Crippen LogP contribution < -0.4 is 0 Å². The molecular formula is C16H21FN2O3. The molecule has 120 valence electrons. The van der Waals surface area contributed by atoms with E-state index in [9.17, 15) is 9.18 Å². The molecule has 0 aliphatic carbocycles. The summed E-state index contributed by atoms with van der Waals surface area (Å²) in [5, 5.41) is 3.91. The van der Waals surface area contributed by atoms with Crippen LogP contribution in [0.3, 0.4) is 0 Å². The predicted molar refractivity (Wildman–Crippen MR) is 81.0 cm³/mol. The van der Waals surface area contributed by atoms with Crippen LogP contribution in [0.2, 0.25) is 0 Å². The minimum absolute atomic E-state index is 0.131. The topological polar surface area (TPSA) is 65.2 Å². The molecular weight excluding hydrogens is 287 g/mol. The molecule has 5 nitrogen and oxygen atoms in total. The molecule has 0 radical (unpaired) electrons. The number of ether oxygens (including phenoxy) is 1. The minimum Gasteiger partial charge on any atom is -0.388 e. The number of nitrogens with zero attached hydrogens (tertiary/aromatic N) is 2. The molecule has 0 aromatic carbocycles. The Labute approximate surface area is 129 Å². The molecule has 2 aromatic heterocycles. The van der Waals surface area contributed by atoms with Gasteiger partial charge in [0.15, 0.2) is 0 Å². The lowest BCUT2D eigenvalue weighted by Crippen LogP contribution is -2.06. The lowest BCUT2D eigenvalue weighted by Gasteiger charge is -2.08. The highest BCUT2D eigenvalue weighted by Crippen LogP contribution is 2.27. The molecule has 0 spiro atoms. The Hall–Kier alpha value is -2.08. The third kappa shape index (κ3) is 4.46. The van der Waals surface area contributed by atoms with E-state index < -0.39 is 5.95 Å². The van der Waals surface area contributed by atoms with Crippen LogP contribution in [0, 0.1) is 18.8 Å². The van der Waals surface area contributed by atoms with E-state index >= 15 is 0 Å². The van der Waals surface area contributed by atoms with E-state index in [0.717, 1.165) is 6.29 Å². The van der Waals surface area contributed by atoms with Gasteiger partial charge in [0, 0.05) is 37.6 Å². The van der Waals surface area contributed by atoms with E-state index in [1.807, 2.05) is 13.8 Å². The Balaban J connectivity index is 0.000000745. The van der Waals surface area contributed by atoms with Crippen LogP contribution in [-0.2, 0) is 9.53 Å². The zero-order valence-corrected chi connectivity index (χ0v) is 13.5. The lowest BCUT2D eigenvalue weighted by atomic mass is 9.94. The fourth-order valence-electron chi connectivity index (χ4n) is 1.83. The first-order chi connectivity index (χ1) is 10.4. The van der Waals surface area contributed by atoms with Crippen molar-refractivity contribution >= 4 is 6.29 Å². The standard InChI is InChI=1S/C14H15FN2O2.C2H6O/c1-8(2)11(7-18)13-5-12(17-19-13)10-4-9(3)14(15)16-6-10;1-3-2/h4-8,11H,1-3H3;1-2H3. The minimum atomic E-state index is -0.500. The molecule has 0 N–H and O–H groups in total. The molecule has 0 amide bonds. The molecule has 6 heteroatoms. The number of aryl methyl sites for hydroxylation is 1. The Morgan fingerprint density at radius 1 is 1.32 bits per heavy atom. The Bertz CT molecular complexity index is 611. The number of methoxy groups -OCH3 is 1. The number of aldehydes is 1. The smallest absolute Gasteiger partial charge is 0.215 e. The number of hydrogen-bond acceptors (Lipinski definition) is 5. The van der Waals surface area contributed by atoms with Crippen LogP contribution >= 0.6 is 0 Å². The van der Waals surface area contributed by atoms with Crippen LogP contribution in [0.5, 0.6) is 0 Å². The van der Waals surface area contributed by atoms with Crippen molar-refractivity contribution in [1.29, 1.82) is 0 Å². The van der Waals surface area contributed by atoms with Crippen molar-refractivity contribution in [2.75, 3.05) is 14.2 Å². The third-order valence-electron chi connectivity index (χ3n) is 3.03. The summed E-state index contributed by atoms with van der Waals surface area (Å²) in [4.78, 5) is 14.7. The number of rotatable bonds is 4. The van der Waals surface area contributed by atoms with Gasteiger partial charge in [-0.05, 0) is 18.9 Å². The highest BCUT2D eigenvalue weighted by Gasteiger charge is 2.20. The van der Waals surface area contributed by atoms with Crippen molar-refractivity contribution < 1.29 is 18.4 Å². The SMILES string of the molecule is COC.Cc1cc(-c2cc(C(C=O)C(C)C)on2)cnc1F. The molecule has 0 saturated carbocycles. The van der Waals surface area contributed by atoms with Crippen molar-refractivity contribution in [2.45, 2.75) is 26.7 Å². The Morgan fingerprint density at radius 3 is 2.45 bits per heavy atom. The van der Waals surface area contributed by atoms with Gasteiger partial charge in [0.1, 0.15) is 17.7 Å². The first-order valence-electron chi connectivity index (χ1n) is 6.89. The largest absolute Gasteiger partial charge is 0.388 e. The van der Waals surface area contributed by atoms with Gasteiger partial charge in [-0.15, -0.1) is 0 Å². The highest BCUT2D eigenvalue weighted by atomic mass is 19.1. The van der Waals surface area contributed by atoms with E-state index in [-0.39, 0.29) is 11.8 Å². The summed E-state index contributed by atoms with van der Waals surface area (Å²) in [6.45, 7) is 5.50. The molecule has 2 aromatic rings. The zero-order valence-electron chi connectivity index (χ0n) is 13.5. The molecule has 0 fully saturated rings. The van der Waals surface area contributed by atoms with Crippen molar-refractivity contribution in [1.82, 2.24) is 10.1 Å². The molecule has 0 saturated heterocycles. The molecule has 0 aliphatic rings. The molecule has 0 aliphatic heterocycles. The van der Waals surface area contributed by atoms with Gasteiger partial charge in [0.05, 0.1) is 5.92 Å². The highest BCUT2D eigenvalue weighted by molar-refractivity contribution is 5.64. The summed E-state index contributed by atoms with van der Waals surface area (Å²) in [6.07, 6.45) is 2.25. The van der Waals surface area contributed by atoms with Gasteiger partial charge < -0.3 is 14.1 Å². The second kappa shape index (κ2) is 8.38. The molecule has 2 heterocycles. The first-order valence-corrected chi connectivity index (χ1v) is 6.89. The predicted octanol–water partition coefficient (Wildman–Crippen LogP) is 3.39. The summed E-state index contributed by atoms with van der Waals surface area (Å²) in [7, 11) is 3.25. The van der Waals surface area contributed by atoms with Crippen LogP contribution in [0.4, 0.5) is 4.39 Å². The quantitative estimate of drug-likeness (QED) is 0.640. The van der Waals surface area contributed by atoms with Crippen molar-refractivity contribution in [3.63, 3.8) is 0 Å². The van der Waals surface area contributed by atoms with E-state index in [4.69, 9.17) is 4.52 Å². The molecule has 1 atom stereocenters. The van der Waals surface area contributed by atoms with Crippen LogP contribution in [0.25, 0.3) is 11.3 Å². The maximum atomic E-state index is 13.1. The average Bonchev–Trinajstić information content (AvgIpc) is 2.92. The maximum absolute atomic E-state index is 13.1. The van der Waals surface area contributed by atoms with Gasteiger partial charge in [-0.25, -0.2) is 4.98 Å². The van der Waals surface area contributed by atoms with Gasteiger partial charge in [0.2, 0.25) is 5.95 Å². The van der Waals surface area contributed by atoms with Crippen LogP contribution in [-0.4, -0.2) is 30.6 Å². The number of hydrogen-bond donors (Lipinski definition) is 0. The van der Waals surface area contributed by atoms with Gasteiger partial charge in [-0.1, -0.05) is 19.0 Å². The second-order valence-corrected chi connectivity index (χ2v) is 5.26. The number of aromatic nitrogens is 2. The van der Waals surface area contributed by atoms with Crippen LogP contribution in [0.1, 0.15) is 31.1 Å². The van der Waals surface area contributed by atoms with E-state index in [1.54, 1.807) is 33.3 Å². The zero-order chi connectivity index (χ0) is 16.7. The van der Waals surface area contributed by atoms with E-state index in [1.165, 1.54) is 6.20 Å². The fraction of sp³-hybridized carbons (Fsp3) is 0.438.